The average molecular weight is 453 g/mol. The minimum atomic E-state index is -3.48. The largest absolute Gasteiger partial charge is 0.375 e. The molecule has 0 spiro atoms. The SMILES string of the molecule is CCS(=O)(=O)Nc1cccc(C(=O)C[C@]2(O)C(=O)Nc3cc(Br)ccc32)c1. The Morgan fingerprint density at radius 1 is 1.26 bits per heavy atom. The number of carbonyl (C=O) groups is 2. The highest BCUT2D eigenvalue weighted by atomic mass is 79.9. The smallest absolute Gasteiger partial charge is 0.261 e. The molecule has 2 aromatic rings. The Bertz CT molecular complexity index is 1040. The lowest BCUT2D eigenvalue weighted by atomic mass is 9.88. The van der Waals surface area contributed by atoms with Crippen LogP contribution in [-0.4, -0.2) is 31.0 Å². The molecule has 142 valence electrons. The predicted octanol–water partition coefficient (Wildman–Crippen LogP) is 2.62. The molecule has 0 unspecified atom stereocenters. The first kappa shape index (κ1) is 19.5. The van der Waals surface area contributed by atoms with E-state index in [9.17, 15) is 23.1 Å². The van der Waals surface area contributed by atoms with E-state index in [1.54, 1.807) is 18.2 Å². The highest BCUT2D eigenvalue weighted by Gasteiger charge is 2.46. The van der Waals surface area contributed by atoms with Crippen LogP contribution in [0.5, 0.6) is 0 Å². The van der Waals surface area contributed by atoms with Crippen LogP contribution >= 0.6 is 15.9 Å². The molecule has 0 saturated carbocycles. The molecule has 0 aromatic heterocycles. The van der Waals surface area contributed by atoms with Gasteiger partial charge >= 0.3 is 0 Å². The van der Waals surface area contributed by atoms with Crippen LogP contribution in [0.15, 0.2) is 46.9 Å². The van der Waals surface area contributed by atoms with E-state index in [0.717, 1.165) is 4.47 Å². The van der Waals surface area contributed by atoms with Crippen LogP contribution in [0.25, 0.3) is 0 Å². The summed E-state index contributed by atoms with van der Waals surface area (Å²) < 4.78 is 26.5. The molecule has 0 fully saturated rings. The first-order valence-electron chi connectivity index (χ1n) is 8.12. The Kier molecular flexibility index (Phi) is 5.11. The third kappa shape index (κ3) is 3.90. The number of amides is 1. The lowest BCUT2D eigenvalue weighted by Crippen LogP contribution is -2.36. The van der Waals surface area contributed by atoms with Crippen molar-refractivity contribution < 1.29 is 23.1 Å². The average Bonchev–Trinajstić information content (AvgIpc) is 2.84. The second kappa shape index (κ2) is 7.06. The molecule has 9 heteroatoms. The number of hydrogen-bond donors (Lipinski definition) is 3. The van der Waals surface area contributed by atoms with Crippen molar-refractivity contribution in [2.24, 2.45) is 0 Å². The lowest BCUT2D eigenvalue weighted by molar-refractivity contribution is -0.133. The highest BCUT2D eigenvalue weighted by molar-refractivity contribution is 9.10. The maximum atomic E-state index is 12.7. The van der Waals surface area contributed by atoms with E-state index >= 15 is 0 Å². The fourth-order valence-electron chi connectivity index (χ4n) is 2.85. The van der Waals surface area contributed by atoms with Gasteiger partial charge in [0.05, 0.1) is 12.2 Å². The molecule has 7 nitrogen and oxygen atoms in total. The van der Waals surface area contributed by atoms with Crippen molar-refractivity contribution in [3.63, 3.8) is 0 Å². The number of hydrogen-bond acceptors (Lipinski definition) is 5. The second-order valence-electron chi connectivity index (χ2n) is 6.19. The molecular weight excluding hydrogens is 436 g/mol. The minimum absolute atomic E-state index is 0.0998. The van der Waals surface area contributed by atoms with Gasteiger partial charge in [-0.15, -0.1) is 0 Å². The van der Waals surface area contributed by atoms with E-state index < -0.39 is 33.7 Å². The van der Waals surface area contributed by atoms with Crippen molar-refractivity contribution in [3.8, 4) is 0 Å². The van der Waals surface area contributed by atoms with Crippen molar-refractivity contribution in [2.75, 3.05) is 15.8 Å². The van der Waals surface area contributed by atoms with Gasteiger partial charge in [0.2, 0.25) is 10.0 Å². The Morgan fingerprint density at radius 3 is 2.70 bits per heavy atom. The summed E-state index contributed by atoms with van der Waals surface area (Å²) in [5.41, 5.74) is -0.777. The molecule has 2 aromatic carbocycles. The standard InChI is InChI=1S/C18H17BrN2O5S/c1-2-27(25,26)21-13-5-3-4-11(8-13)16(22)10-18(24)14-7-6-12(19)9-15(14)20-17(18)23/h3-9,21,24H,2,10H2,1H3,(H,20,23)/t18-/m1/s1. The Balaban J connectivity index is 1.87. The summed E-state index contributed by atoms with van der Waals surface area (Å²) >= 11 is 3.29. The van der Waals surface area contributed by atoms with Crippen LogP contribution in [0.3, 0.4) is 0 Å². The third-order valence-corrected chi connectivity index (χ3v) is 6.11. The molecule has 27 heavy (non-hydrogen) atoms. The summed E-state index contributed by atoms with van der Waals surface area (Å²) in [5, 5.41) is 13.4. The van der Waals surface area contributed by atoms with Crippen LogP contribution in [0.4, 0.5) is 11.4 Å². The summed E-state index contributed by atoms with van der Waals surface area (Å²) in [6.45, 7) is 1.50. The van der Waals surface area contributed by atoms with E-state index in [1.165, 1.54) is 31.2 Å². The zero-order valence-corrected chi connectivity index (χ0v) is 16.7. The molecular formula is C18H17BrN2O5S. The van der Waals surface area contributed by atoms with E-state index in [4.69, 9.17) is 0 Å². The van der Waals surface area contributed by atoms with Gasteiger partial charge in [-0.2, -0.15) is 0 Å². The van der Waals surface area contributed by atoms with E-state index in [0.29, 0.717) is 11.3 Å². The molecule has 3 N–H and O–H groups in total. The zero-order chi connectivity index (χ0) is 19.8. The van der Waals surface area contributed by atoms with Crippen molar-refractivity contribution in [3.05, 3.63) is 58.1 Å². The van der Waals surface area contributed by atoms with E-state index in [2.05, 4.69) is 26.0 Å². The number of nitrogens with one attached hydrogen (secondary N) is 2. The van der Waals surface area contributed by atoms with Gasteiger partial charge in [0.15, 0.2) is 11.4 Å². The number of Topliss-reactive ketones (excluding diaryl/α,β-unsaturated/α-hetero) is 1. The predicted molar refractivity (Wildman–Crippen MR) is 105 cm³/mol. The number of fused-ring (bicyclic) bond motifs is 1. The second-order valence-corrected chi connectivity index (χ2v) is 9.12. The zero-order valence-electron chi connectivity index (χ0n) is 14.3. The number of anilines is 2. The summed E-state index contributed by atoms with van der Waals surface area (Å²) in [7, 11) is -3.48. The van der Waals surface area contributed by atoms with Gasteiger partial charge in [0.25, 0.3) is 5.91 Å². The van der Waals surface area contributed by atoms with Crippen molar-refractivity contribution in [2.45, 2.75) is 18.9 Å². The molecule has 1 aliphatic rings. The number of carbonyl (C=O) groups excluding carboxylic acids is 2. The molecule has 0 aliphatic carbocycles. The number of rotatable bonds is 6. The summed E-state index contributed by atoms with van der Waals surface area (Å²) in [5.74, 6) is -1.26. The van der Waals surface area contributed by atoms with Gasteiger partial charge < -0.3 is 10.4 Å². The van der Waals surface area contributed by atoms with E-state index in [-0.39, 0.29) is 17.0 Å². The van der Waals surface area contributed by atoms with Gasteiger partial charge in [-0.1, -0.05) is 34.1 Å². The summed E-state index contributed by atoms with van der Waals surface area (Å²) in [4.78, 5) is 25.0. The maximum absolute atomic E-state index is 12.7. The van der Waals surface area contributed by atoms with Gasteiger partial charge in [-0.3, -0.25) is 14.3 Å². The number of sulfonamides is 1. The monoisotopic (exact) mass is 452 g/mol. The molecule has 1 amide bonds. The van der Waals surface area contributed by atoms with Crippen molar-refractivity contribution >= 4 is 49.0 Å². The van der Waals surface area contributed by atoms with Crippen molar-refractivity contribution in [1.29, 1.82) is 0 Å². The Labute approximate surface area is 165 Å². The fourth-order valence-corrected chi connectivity index (χ4v) is 3.84. The van der Waals surface area contributed by atoms with Crippen LogP contribution < -0.4 is 10.0 Å². The first-order valence-corrected chi connectivity index (χ1v) is 10.6. The Morgan fingerprint density at radius 2 is 2.00 bits per heavy atom. The number of benzene rings is 2. The van der Waals surface area contributed by atoms with Crippen LogP contribution in [0.2, 0.25) is 0 Å². The van der Waals surface area contributed by atoms with Gasteiger partial charge in [0, 0.05) is 27.0 Å². The third-order valence-electron chi connectivity index (χ3n) is 4.31. The maximum Gasteiger partial charge on any atom is 0.261 e. The molecule has 0 saturated heterocycles. The van der Waals surface area contributed by atoms with Crippen LogP contribution in [-0.2, 0) is 20.4 Å². The molecule has 3 rings (SSSR count). The van der Waals surface area contributed by atoms with Crippen molar-refractivity contribution in [1.82, 2.24) is 0 Å². The Hall–Kier alpha value is -2.23. The highest BCUT2D eigenvalue weighted by Crippen LogP contribution is 2.40. The first-order chi connectivity index (χ1) is 12.6. The number of ketones is 1. The van der Waals surface area contributed by atoms with Gasteiger partial charge in [-0.25, -0.2) is 8.42 Å². The number of halogens is 1. The topological polar surface area (TPSA) is 113 Å². The summed E-state index contributed by atoms with van der Waals surface area (Å²) in [6.07, 6.45) is -0.461. The van der Waals surface area contributed by atoms with E-state index in [1.807, 2.05) is 0 Å². The van der Waals surface area contributed by atoms with Gasteiger partial charge in [-0.05, 0) is 31.2 Å². The van der Waals surface area contributed by atoms with Crippen LogP contribution in [0.1, 0.15) is 29.3 Å². The molecule has 1 aliphatic heterocycles. The number of aliphatic hydroxyl groups is 1. The van der Waals surface area contributed by atoms with Gasteiger partial charge in [0.1, 0.15) is 0 Å². The molecule has 1 heterocycles. The quantitative estimate of drug-likeness (QED) is 0.583. The van der Waals surface area contributed by atoms with Crippen LogP contribution in [0, 0.1) is 0 Å². The normalized spacial score (nSPS) is 18.7. The molecule has 0 radical (unpaired) electrons. The fraction of sp³-hybridized carbons (Fsp3) is 0.222. The molecule has 0 bridgehead atoms. The molecule has 1 atom stereocenters. The minimum Gasteiger partial charge on any atom is -0.375 e. The lowest BCUT2D eigenvalue weighted by Gasteiger charge is -2.20. The summed E-state index contributed by atoms with van der Waals surface area (Å²) in [6, 6.07) is 10.8.